The zero-order valence-corrected chi connectivity index (χ0v) is 11.6. The van der Waals surface area contributed by atoms with Gasteiger partial charge in [-0.15, -0.1) is 0 Å². The predicted octanol–water partition coefficient (Wildman–Crippen LogP) is 1.44. The van der Waals surface area contributed by atoms with E-state index in [1.807, 2.05) is 16.7 Å². The van der Waals surface area contributed by atoms with E-state index in [-0.39, 0.29) is 17.3 Å². The molecule has 2 rings (SSSR count). The molecule has 0 aromatic rings. The van der Waals surface area contributed by atoms with E-state index in [1.165, 1.54) is 6.42 Å². The Morgan fingerprint density at radius 1 is 1.11 bits per heavy atom. The molecule has 0 unspecified atom stereocenters. The average molecular weight is 268 g/mol. The molecule has 2 saturated heterocycles. The molecule has 2 heterocycles. The van der Waals surface area contributed by atoms with Crippen LogP contribution in [0, 0.1) is 5.41 Å². The smallest absolute Gasteiger partial charge is 0.319 e. The minimum Gasteiger partial charge on any atom is -0.409 e. The summed E-state index contributed by atoms with van der Waals surface area (Å²) in [5.41, 5.74) is 5.45. The summed E-state index contributed by atoms with van der Waals surface area (Å²) in [6.45, 7) is 5.12. The standard InChI is InChI=1S/C13H24N4O2/c1-13(11(14)15-19)5-9-17(10-6-13)12(18)16-7-3-2-4-8-16/h19H,2-10H2,1H3,(H2,14,15). The lowest BCUT2D eigenvalue weighted by Crippen LogP contribution is -2.52. The van der Waals surface area contributed by atoms with Crippen molar-refractivity contribution in [2.75, 3.05) is 26.2 Å². The van der Waals surface area contributed by atoms with Crippen molar-refractivity contribution in [1.82, 2.24) is 9.80 Å². The third-order valence-electron chi connectivity index (χ3n) is 4.49. The Morgan fingerprint density at radius 2 is 1.63 bits per heavy atom. The van der Waals surface area contributed by atoms with E-state index in [2.05, 4.69) is 5.16 Å². The van der Waals surface area contributed by atoms with Gasteiger partial charge in [0.2, 0.25) is 0 Å². The maximum atomic E-state index is 12.3. The average Bonchev–Trinajstić information content (AvgIpc) is 2.47. The fraction of sp³-hybridized carbons (Fsp3) is 0.846. The van der Waals surface area contributed by atoms with Crippen LogP contribution >= 0.6 is 0 Å². The van der Waals surface area contributed by atoms with Gasteiger partial charge in [-0.25, -0.2) is 4.79 Å². The van der Waals surface area contributed by atoms with Crippen LogP contribution in [0.3, 0.4) is 0 Å². The Hall–Kier alpha value is -1.46. The highest BCUT2D eigenvalue weighted by Gasteiger charge is 2.36. The van der Waals surface area contributed by atoms with E-state index in [4.69, 9.17) is 10.9 Å². The Labute approximate surface area is 114 Å². The van der Waals surface area contributed by atoms with Gasteiger partial charge in [-0.05, 0) is 32.1 Å². The first-order valence-corrected chi connectivity index (χ1v) is 7.09. The van der Waals surface area contributed by atoms with Crippen LogP contribution in [0.2, 0.25) is 0 Å². The minimum atomic E-state index is -0.284. The number of amidine groups is 1. The topological polar surface area (TPSA) is 82.2 Å². The minimum absolute atomic E-state index is 0.154. The first-order valence-electron chi connectivity index (χ1n) is 7.09. The second kappa shape index (κ2) is 5.67. The summed E-state index contributed by atoms with van der Waals surface area (Å²) in [5, 5.41) is 11.9. The van der Waals surface area contributed by atoms with E-state index >= 15 is 0 Å². The number of carbonyl (C=O) groups is 1. The van der Waals surface area contributed by atoms with Gasteiger partial charge in [0, 0.05) is 31.6 Å². The lowest BCUT2D eigenvalue weighted by atomic mass is 9.79. The summed E-state index contributed by atoms with van der Waals surface area (Å²) in [4.78, 5) is 16.2. The van der Waals surface area contributed by atoms with E-state index in [0.717, 1.165) is 38.8 Å². The van der Waals surface area contributed by atoms with Crippen LogP contribution in [0.15, 0.2) is 5.16 Å². The van der Waals surface area contributed by atoms with Crippen molar-refractivity contribution in [2.45, 2.75) is 39.0 Å². The van der Waals surface area contributed by atoms with Gasteiger partial charge < -0.3 is 20.7 Å². The molecule has 6 heteroatoms. The number of hydrogen-bond acceptors (Lipinski definition) is 3. The summed E-state index contributed by atoms with van der Waals surface area (Å²) >= 11 is 0. The van der Waals surface area contributed by atoms with Gasteiger partial charge in [0.25, 0.3) is 0 Å². The molecule has 6 nitrogen and oxygen atoms in total. The number of nitrogens with two attached hydrogens (primary N) is 1. The number of rotatable bonds is 1. The molecule has 3 N–H and O–H groups in total. The molecule has 2 fully saturated rings. The van der Waals surface area contributed by atoms with E-state index < -0.39 is 0 Å². The van der Waals surface area contributed by atoms with Gasteiger partial charge in [0.05, 0.1) is 0 Å². The van der Waals surface area contributed by atoms with Gasteiger partial charge in [-0.2, -0.15) is 0 Å². The van der Waals surface area contributed by atoms with E-state index in [1.54, 1.807) is 0 Å². The molecule has 2 aliphatic heterocycles. The maximum Gasteiger partial charge on any atom is 0.319 e. The molecule has 108 valence electrons. The van der Waals surface area contributed by atoms with E-state index in [9.17, 15) is 4.79 Å². The number of carbonyl (C=O) groups excluding carboxylic acids is 1. The van der Waals surface area contributed by atoms with Crippen molar-refractivity contribution in [3.05, 3.63) is 0 Å². The fourth-order valence-corrected chi connectivity index (χ4v) is 2.85. The van der Waals surface area contributed by atoms with Gasteiger partial charge in [0.15, 0.2) is 0 Å². The molecule has 0 aliphatic carbocycles. The monoisotopic (exact) mass is 268 g/mol. The molecule has 19 heavy (non-hydrogen) atoms. The summed E-state index contributed by atoms with van der Waals surface area (Å²) < 4.78 is 0. The molecular formula is C13H24N4O2. The van der Waals surface area contributed by atoms with Gasteiger partial charge in [0.1, 0.15) is 5.84 Å². The quantitative estimate of drug-likeness (QED) is 0.327. The molecule has 0 bridgehead atoms. The molecule has 0 aromatic heterocycles. The zero-order valence-electron chi connectivity index (χ0n) is 11.6. The Balaban J connectivity index is 1.90. The first kappa shape index (κ1) is 14.0. The van der Waals surface area contributed by atoms with Gasteiger partial charge >= 0.3 is 6.03 Å². The zero-order chi connectivity index (χ0) is 13.9. The normalized spacial score (nSPS) is 24.4. The fourth-order valence-electron chi connectivity index (χ4n) is 2.85. The molecule has 0 aromatic carbocycles. The highest BCUT2D eigenvalue weighted by atomic mass is 16.4. The van der Waals surface area contributed by atoms with Gasteiger partial charge in [-0.1, -0.05) is 12.1 Å². The number of nitrogens with zero attached hydrogens (tertiary/aromatic N) is 3. The molecule has 0 saturated carbocycles. The number of hydrogen-bond donors (Lipinski definition) is 2. The van der Waals surface area contributed by atoms with Crippen molar-refractivity contribution in [3.8, 4) is 0 Å². The van der Waals surface area contributed by atoms with Crippen molar-refractivity contribution >= 4 is 11.9 Å². The molecule has 2 amide bonds. The van der Waals surface area contributed by atoms with Crippen LogP contribution in [0.4, 0.5) is 4.79 Å². The SMILES string of the molecule is CC1(C(N)=NO)CCN(C(=O)N2CCCCC2)CC1. The molecule has 0 radical (unpaired) electrons. The van der Waals surface area contributed by atoms with Crippen molar-refractivity contribution in [1.29, 1.82) is 0 Å². The largest absolute Gasteiger partial charge is 0.409 e. The highest BCUT2D eigenvalue weighted by Crippen LogP contribution is 2.31. The van der Waals surface area contributed by atoms with Gasteiger partial charge in [-0.3, -0.25) is 0 Å². The van der Waals surface area contributed by atoms with Crippen molar-refractivity contribution < 1.29 is 10.0 Å². The number of urea groups is 1. The Morgan fingerprint density at radius 3 is 2.16 bits per heavy atom. The van der Waals surface area contributed by atoms with Crippen LogP contribution in [0.5, 0.6) is 0 Å². The lowest BCUT2D eigenvalue weighted by Gasteiger charge is -2.41. The summed E-state index contributed by atoms with van der Waals surface area (Å²) in [7, 11) is 0. The maximum absolute atomic E-state index is 12.3. The number of piperidine rings is 2. The highest BCUT2D eigenvalue weighted by molar-refractivity contribution is 5.86. The molecule has 0 spiro atoms. The molecule has 0 atom stereocenters. The number of oxime groups is 1. The summed E-state index contributed by atoms with van der Waals surface area (Å²) in [6, 6.07) is 0.154. The van der Waals surface area contributed by atoms with Crippen LogP contribution < -0.4 is 5.73 Å². The number of amides is 2. The lowest BCUT2D eigenvalue weighted by molar-refractivity contribution is 0.117. The third kappa shape index (κ3) is 2.93. The third-order valence-corrected chi connectivity index (χ3v) is 4.49. The molecular weight excluding hydrogens is 244 g/mol. The second-order valence-electron chi connectivity index (χ2n) is 5.86. The van der Waals surface area contributed by atoms with Crippen LogP contribution in [-0.2, 0) is 0 Å². The van der Waals surface area contributed by atoms with E-state index in [0.29, 0.717) is 13.1 Å². The van der Waals surface area contributed by atoms with Crippen LogP contribution in [0.1, 0.15) is 39.0 Å². The summed E-state index contributed by atoms with van der Waals surface area (Å²) in [5.74, 6) is 0.276. The first-order chi connectivity index (χ1) is 9.07. The second-order valence-corrected chi connectivity index (χ2v) is 5.86. The molecule has 2 aliphatic rings. The Kier molecular flexibility index (Phi) is 4.17. The van der Waals surface area contributed by atoms with Crippen LogP contribution in [-0.4, -0.2) is 53.1 Å². The summed E-state index contributed by atoms with van der Waals surface area (Å²) in [6.07, 6.45) is 4.96. The predicted molar refractivity (Wildman–Crippen MR) is 73.1 cm³/mol. The number of likely N-dealkylation sites (tertiary alicyclic amines) is 2. The van der Waals surface area contributed by atoms with Crippen molar-refractivity contribution in [3.63, 3.8) is 0 Å². The Bertz CT molecular complexity index is 356. The van der Waals surface area contributed by atoms with Crippen molar-refractivity contribution in [2.24, 2.45) is 16.3 Å². The van der Waals surface area contributed by atoms with Crippen LogP contribution in [0.25, 0.3) is 0 Å².